The number of rotatable bonds is 8. The maximum atomic E-state index is 12.5. The summed E-state index contributed by atoms with van der Waals surface area (Å²) >= 11 is 0. The van der Waals surface area contributed by atoms with Crippen molar-refractivity contribution >= 4 is 23.9 Å². The summed E-state index contributed by atoms with van der Waals surface area (Å²) in [7, 11) is 0. The summed E-state index contributed by atoms with van der Waals surface area (Å²) < 4.78 is 27.7. The first-order valence-electron chi connectivity index (χ1n) is 10.7. The molecule has 0 aromatic carbocycles. The highest BCUT2D eigenvalue weighted by Crippen LogP contribution is 2.31. The van der Waals surface area contributed by atoms with Crippen molar-refractivity contribution in [2.75, 3.05) is 0 Å². The van der Waals surface area contributed by atoms with Crippen LogP contribution in [-0.2, 0) is 42.9 Å². The highest BCUT2D eigenvalue weighted by Gasteiger charge is 2.54. The minimum Gasteiger partial charge on any atom is -0.454 e. The molecule has 9 nitrogen and oxygen atoms in total. The third-order valence-electron chi connectivity index (χ3n) is 4.53. The number of carbonyl (C=O) groups excluding carboxylic acids is 4. The van der Waals surface area contributed by atoms with E-state index in [0.29, 0.717) is 0 Å². The average Bonchev–Trinajstić information content (AvgIpc) is 2.70. The average molecular weight is 455 g/mol. The smallest absolute Gasteiger partial charge is 0.310 e. The highest BCUT2D eigenvalue weighted by atomic mass is 16.7. The lowest BCUT2D eigenvalue weighted by Crippen LogP contribution is -2.62. The SMILES string of the molecule is C#CC1O[C@@H](OC(=O)C(C)C)[C@@H](OC(=O)C(C)C)[C@H](OC(=O)C(C)C)[C@@H]1OC(=O)C(C)C. The maximum absolute atomic E-state index is 12.5. The zero-order chi connectivity index (χ0) is 24.7. The van der Waals surface area contributed by atoms with E-state index in [4.69, 9.17) is 30.1 Å². The van der Waals surface area contributed by atoms with Gasteiger partial charge in [0, 0.05) is 0 Å². The van der Waals surface area contributed by atoms with E-state index in [1.165, 1.54) is 0 Å². The van der Waals surface area contributed by atoms with Gasteiger partial charge in [-0.25, -0.2) is 0 Å². The van der Waals surface area contributed by atoms with Crippen LogP contribution in [-0.4, -0.2) is 54.6 Å². The Labute approximate surface area is 189 Å². The van der Waals surface area contributed by atoms with E-state index in [1.807, 2.05) is 0 Å². The first kappa shape index (κ1) is 27.4. The van der Waals surface area contributed by atoms with Crippen molar-refractivity contribution in [3.05, 3.63) is 0 Å². The quantitative estimate of drug-likeness (QED) is 0.309. The van der Waals surface area contributed by atoms with Gasteiger partial charge in [-0.1, -0.05) is 61.3 Å². The van der Waals surface area contributed by atoms with Gasteiger partial charge in [0.2, 0.25) is 12.4 Å². The first-order valence-corrected chi connectivity index (χ1v) is 10.7. The van der Waals surface area contributed by atoms with Gasteiger partial charge in [-0.2, -0.15) is 0 Å². The summed E-state index contributed by atoms with van der Waals surface area (Å²) in [5.41, 5.74) is 0. The van der Waals surface area contributed by atoms with E-state index in [-0.39, 0.29) is 0 Å². The van der Waals surface area contributed by atoms with Crippen LogP contribution in [0.15, 0.2) is 0 Å². The Morgan fingerprint density at radius 3 is 1.34 bits per heavy atom. The Bertz CT molecular complexity index is 732. The normalized spacial score (nSPS) is 25.4. The predicted molar refractivity (Wildman–Crippen MR) is 113 cm³/mol. The fourth-order valence-corrected chi connectivity index (χ4v) is 2.49. The Morgan fingerprint density at radius 2 is 0.969 bits per heavy atom. The largest absolute Gasteiger partial charge is 0.454 e. The topological polar surface area (TPSA) is 114 Å². The number of hydrogen-bond acceptors (Lipinski definition) is 9. The molecule has 0 amide bonds. The van der Waals surface area contributed by atoms with Crippen molar-refractivity contribution in [1.82, 2.24) is 0 Å². The van der Waals surface area contributed by atoms with Crippen molar-refractivity contribution in [3.63, 3.8) is 0 Å². The second kappa shape index (κ2) is 11.9. The lowest BCUT2D eigenvalue weighted by atomic mass is 9.97. The van der Waals surface area contributed by atoms with Crippen LogP contribution in [0.3, 0.4) is 0 Å². The Morgan fingerprint density at radius 1 is 0.625 bits per heavy atom. The molecule has 1 rings (SSSR count). The second-order valence-electron chi connectivity index (χ2n) is 8.85. The minimum absolute atomic E-state index is 0.511. The summed E-state index contributed by atoms with van der Waals surface area (Å²) in [6, 6.07) is 0. The van der Waals surface area contributed by atoms with E-state index in [2.05, 4.69) is 5.92 Å². The van der Waals surface area contributed by atoms with Gasteiger partial charge in [0.1, 0.15) is 0 Å². The molecule has 5 atom stereocenters. The second-order valence-corrected chi connectivity index (χ2v) is 8.85. The van der Waals surface area contributed by atoms with Crippen molar-refractivity contribution in [1.29, 1.82) is 0 Å². The zero-order valence-corrected chi connectivity index (χ0v) is 19.9. The molecule has 0 radical (unpaired) electrons. The van der Waals surface area contributed by atoms with Crippen LogP contribution in [0, 0.1) is 36.0 Å². The van der Waals surface area contributed by atoms with Gasteiger partial charge in [0.25, 0.3) is 0 Å². The standard InChI is InChI=1S/C23H34O9/c1-10-15-16(29-19(24)11(2)3)17(30-20(25)12(4)5)18(31-21(26)13(6)7)23(28-15)32-22(27)14(8)9/h1,11-18,23H,2-9H3/t15?,16-,17-,18+,23+/m1/s1. The molecular weight excluding hydrogens is 420 g/mol. The predicted octanol–water partition coefficient (Wildman–Crippen LogP) is 2.25. The molecule has 0 aliphatic carbocycles. The molecule has 0 N–H and O–H groups in total. The third-order valence-corrected chi connectivity index (χ3v) is 4.53. The van der Waals surface area contributed by atoms with Gasteiger partial charge in [-0.15, -0.1) is 6.42 Å². The molecule has 0 saturated carbocycles. The summed E-state index contributed by atoms with van der Waals surface area (Å²) in [4.78, 5) is 49.5. The Hall–Kier alpha value is -2.60. The van der Waals surface area contributed by atoms with Crippen LogP contribution in [0.25, 0.3) is 0 Å². The van der Waals surface area contributed by atoms with Gasteiger partial charge >= 0.3 is 23.9 Å². The number of esters is 4. The van der Waals surface area contributed by atoms with Crippen molar-refractivity contribution in [2.45, 2.75) is 86.1 Å². The summed E-state index contributed by atoms with van der Waals surface area (Å²) in [6.07, 6.45) is -1.13. The fourth-order valence-electron chi connectivity index (χ4n) is 2.49. The molecule has 0 bridgehead atoms. The Kier molecular flexibility index (Phi) is 10.2. The van der Waals surface area contributed by atoms with Gasteiger partial charge in [0.05, 0.1) is 23.7 Å². The maximum Gasteiger partial charge on any atom is 0.310 e. The monoisotopic (exact) mass is 454 g/mol. The molecular formula is C23H34O9. The van der Waals surface area contributed by atoms with Gasteiger partial charge < -0.3 is 23.7 Å². The van der Waals surface area contributed by atoms with E-state index < -0.39 is 78.3 Å². The molecule has 1 saturated heterocycles. The summed E-state index contributed by atoms with van der Waals surface area (Å²) in [6.45, 7) is 12.9. The highest BCUT2D eigenvalue weighted by molar-refractivity contribution is 5.74. The molecule has 0 aromatic rings. The first-order chi connectivity index (χ1) is 14.8. The van der Waals surface area contributed by atoms with Crippen LogP contribution in [0.2, 0.25) is 0 Å². The lowest BCUT2D eigenvalue weighted by Gasteiger charge is -2.43. The molecule has 0 spiro atoms. The van der Waals surface area contributed by atoms with Crippen LogP contribution in [0.4, 0.5) is 0 Å². The van der Waals surface area contributed by atoms with Gasteiger partial charge in [-0.3, -0.25) is 19.2 Å². The van der Waals surface area contributed by atoms with Crippen molar-refractivity contribution in [2.24, 2.45) is 23.7 Å². The molecule has 1 aliphatic rings. The Balaban J connectivity index is 3.47. The van der Waals surface area contributed by atoms with Crippen LogP contribution in [0.1, 0.15) is 55.4 Å². The summed E-state index contributed by atoms with van der Waals surface area (Å²) in [5.74, 6) is -2.31. The van der Waals surface area contributed by atoms with Crippen LogP contribution >= 0.6 is 0 Å². The molecule has 1 unspecified atom stereocenters. The number of hydrogen-bond donors (Lipinski definition) is 0. The molecule has 1 fully saturated rings. The van der Waals surface area contributed by atoms with Crippen molar-refractivity contribution < 1.29 is 42.9 Å². The zero-order valence-electron chi connectivity index (χ0n) is 19.9. The van der Waals surface area contributed by atoms with Gasteiger partial charge in [-0.05, 0) is 0 Å². The number of ether oxygens (including phenoxy) is 5. The van der Waals surface area contributed by atoms with Crippen LogP contribution < -0.4 is 0 Å². The van der Waals surface area contributed by atoms with E-state index in [9.17, 15) is 19.2 Å². The van der Waals surface area contributed by atoms with Crippen molar-refractivity contribution in [3.8, 4) is 12.3 Å². The van der Waals surface area contributed by atoms with E-state index >= 15 is 0 Å². The van der Waals surface area contributed by atoms with E-state index in [1.54, 1.807) is 55.4 Å². The van der Waals surface area contributed by atoms with E-state index in [0.717, 1.165) is 0 Å². The molecule has 1 aliphatic heterocycles. The third kappa shape index (κ3) is 7.23. The number of terminal acetylenes is 1. The number of carbonyl (C=O) groups is 4. The van der Waals surface area contributed by atoms with Crippen LogP contribution in [0.5, 0.6) is 0 Å². The molecule has 9 heteroatoms. The lowest BCUT2D eigenvalue weighted by molar-refractivity contribution is -0.290. The molecule has 180 valence electrons. The molecule has 32 heavy (non-hydrogen) atoms. The minimum atomic E-state index is -1.47. The summed E-state index contributed by atoms with van der Waals surface area (Å²) in [5, 5.41) is 0. The fraction of sp³-hybridized carbons (Fsp3) is 0.739. The van der Waals surface area contributed by atoms with Gasteiger partial charge in [0.15, 0.2) is 18.3 Å². The molecule has 0 aromatic heterocycles. The molecule has 1 heterocycles.